The number of halogens is 2. The van der Waals surface area contributed by atoms with Crippen LogP contribution in [-0.2, 0) is 13.1 Å². The molecule has 1 saturated heterocycles. The summed E-state index contributed by atoms with van der Waals surface area (Å²) in [7, 11) is 0. The summed E-state index contributed by atoms with van der Waals surface area (Å²) >= 11 is 12.1. The van der Waals surface area contributed by atoms with Gasteiger partial charge < -0.3 is 4.90 Å². The number of nitrogens with zero attached hydrogens (tertiary/aromatic N) is 4. The van der Waals surface area contributed by atoms with Crippen LogP contribution in [-0.4, -0.2) is 51.7 Å². The van der Waals surface area contributed by atoms with Gasteiger partial charge in [-0.1, -0.05) is 41.4 Å². The van der Waals surface area contributed by atoms with Crippen LogP contribution in [0.5, 0.6) is 0 Å². The molecule has 162 valence electrons. The van der Waals surface area contributed by atoms with Gasteiger partial charge in [0.15, 0.2) is 0 Å². The van der Waals surface area contributed by atoms with Crippen LogP contribution in [0.25, 0.3) is 0 Å². The molecular weight excluding hydrogens is 431 g/mol. The van der Waals surface area contributed by atoms with Gasteiger partial charge in [-0.05, 0) is 55.3 Å². The van der Waals surface area contributed by atoms with Crippen molar-refractivity contribution in [2.45, 2.75) is 26.9 Å². The van der Waals surface area contributed by atoms with Crippen molar-refractivity contribution in [2.75, 3.05) is 26.2 Å². The Morgan fingerprint density at radius 1 is 0.871 bits per heavy atom. The number of aromatic nitrogens is 2. The second-order valence-corrected chi connectivity index (χ2v) is 8.91. The Hall–Kier alpha value is -2.34. The molecule has 0 saturated carbocycles. The quantitative estimate of drug-likeness (QED) is 0.552. The lowest BCUT2D eigenvalue weighted by atomic mass is 10.1. The molecule has 4 rings (SSSR count). The molecule has 1 aliphatic heterocycles. The van der Waals surface area contributed by atoms with Crippen LogP contribution < -0.4 is 0 Å². The van der Waals surface area contributed by atoms with Crippen molar-refractivity contribution in [3.05, 3.63) is 86.7 Å². The van der Waals surface area contributed by atoms with E-state index in [1.165, 1.54) is 0 Å². The molecule has 0 spiro atoms. The van der Waals surface area contributed by atoms with E-state index >= 15 is 0 Å². The summed E-state index contributed by atoms with van der Waals surface area (Å²) in [5.41, 5.74) is 5.15. The highest BCUT2D eigenvalue weighted by molar-refractivity contribution is 6.42. The highest BCUT2D eigenvalue weighted by Gasteiger charge is 2.22. The van der Waals surface area contributed by atoms with E-state index in [4.69, 9.17) is 23.2 Å². The predicted molar refractivity (Wildman–Crippen MR) is 125 cm³/mol. The smallest absolute Gasteiger partial charge is 0.253 e. The molecule has 5 nitrogen and oxygen atoms in total. The van der Waals surface area contributed by atoms with Gasteiger partial charge in [-0.15, -0.1) is 0 Å². The monoisotopic (exact) mass is 456 g/mol. The molecule has 0 atom stereocenters. The van der Waals surface area contributed by atoms with Gasteiger partial charge in [-0.3, -0.25) is 14.4 Å². The van der Waals surface area contributed by atoms with Crippen molar-refractivity contribution < 1.29 is 4.79 Å². The van der Waals surface area contributed by atoms with Gasteiger partial charge in [-0.25, -0.2) is 0 Å². The molecule has 0 aliphatic carbocycles. The standard InChI is InChI=1S/C24H26Cl2N4O/c1-17-13-18(2)30(27-17)16-19-3-6-21(7-4-19)24(31)29-11-9-28(10-12-29)15-20-5-8-22(25)23(26)14-20/h3-8,13-14H,9-12,15-16H2,1-2H3. The minimum Gasteiger partial charge on any atom is -0.336 e. The minimum absolute atomic E-state index is 0.0897. The summed E-state index contributed by atoms with van der Waals surface area (Å²) in [4.78, 5) is 17.2. The number of carbonyl (C=O) groups is 1. The Balaban J connectivity index is 1.32. The fourth-order valence-electron chi connectivity index (χ4n) is 3.95. The van der Waals surface area contributed by atoms with Crippen molar-refractivity contribution in [1.29, 1.82) is 0 Å². The van der Waals surface area contributed by atoms with E-state index in [0.29, 0.717) is 29.7 Å². The van der Waals surface area contributed by atoms with Gasteiger partial charge >= 0.3 is 0 Å². The third-order valence-corrected chi connectivity index (χ3v) is 6.43. The maximum atomic E-state index is 12.9. The van der Waals surface area contributed by atoms with Gasteiger partial charge in [0.05, 0.1) is 22.3 Å². The second kappa shape index (κ2) is 9.43. The average molecular weight is 457 g/mol. The zero-order valence-electron chi connectivity index (χ0n) is 17.8. The van der Waals surface area contributed by atoms with E-state index < -0.39 is 0 Å². The number of aryl methyl sites for hydroxylation is 2. The van der Waals surface area contributed by atoms with Gasteiger partial charge in [0, 0.05) is 44.0 Å². The van der Waals surface area contributed by atoms with Crippen LogP contribution in [0.4, 0.5) is 0 Å². The van der Waals surface area contributed by atoms with Crippen molar-refractivity contribution in [1.82, 2.24) is 19.6 Å². The van der Waals surface area contributed by atoms with Crippen molar-refractivity contribution in [2.24, 2.45) is 0 Å². The lowest BCUT2D eigenvalue weighted by molar-refractivity contribution is 0.0628. The Labute approximate surface area is 193 Å². The molecule has 0 unspecified atom stereocenters. The van der Waals surface area contributed by atoms with Crippen molar-refractivity contribution in [3.8, 4) is 0 Å². The predicted octanol–water partition coefficient (Wildman–Crippen LogP) is 4.81. The molecular formula is C24H26Cl2N4O. The van der Waals surface area contributed by atoms with Crippen LogP contribution in [0.3, 0.4) is 0 Å². The molecule has 0 N–H and O–H groups in total. The topological polar surface area (TPSA) is 41.4 Å². The summed E-state index contributed by atoms with van der Waals surface area (Å²) in [6.45, 7) is 8.67. The molecule has 1 fully saturated rings. The normalized spacial score (nSPS) is 14.8. The Morgan fingerprint density at radius 3 is 2.16 bits per heavy atom. The van der Waals surface area contributed by atoms with Crippen LogP contribution in [0.15, 0.2) is 48.5 Å². The fraction of sp³-hybridized carbons (Fsp3) is 0.333. The number of amides is 1. The molecule has 1 aromatic heterocycles. The zero-order valence-corrected chi connectivity index (χ0v) is 19.3. The lowest BCUT2D eigenvalue weighted by Crippen LogP contribution is -2.48. The molecule has 7 heteroatoms. The van der Waals surface area contributed by atoms with E-state index in [1.54, 1.807) is 0 Å². The van der Waals surface area contributed by atoms with Crippen LogP contribution in [0.2, 0.25) is 10.0 Å². The third-order valence-electron chi connectivity index (χ3n) is 5.69. The second-order valence-electron chi connectivity index (χ2n) is 8.10. The Bertz CT molecular complexity index is 1070. The van der Waals surface area contributed by atoms with Crippen molar-refractivity contribution in [3.63, 3.8) is 0 Å². The van der Waals surface area contributed by atoms with Crippen LogP contribution >= 0.6 is 23.2 Å². The van der Waals surface area contributed by atoms with Gasteiger partial charge in [0.1, 0.15) is 0 Å². The average Bonchev–Trinajstić information content (AvgIpc) is 3.08. The number of hydrogen-bond donors (Lipinski definition) is 0. The summed E-state index contributed by atoms with van der Waals surface area (Å²) < 4.78 is 1.99. The van der Waals surface area contributed by atoms with Crippen LogP contribution in [0.1, 0.15) is 32.9 Å². The fourth-order valence-corrected chi connectivity index (χ4v) is 4.27. The molecule has 1 amide bonds. The summed E-state index contributed by atoms with van der Waals surface area (Å²) in [5.74, 6) is 0.0897. The highest BCUT2D eigenvalue weighted by atomic mass is 35.5. The zero-order chi connectivity index (χ0) is 22.0. The van der Waals surface area contributed by atoms with E-state index in [2.05, 4.69) is 23.0 Å². The number of benzene rings is 2. The Morgan fingerprint density at radius 2 is 1.55 bits per heavy atom. The number of hydrogen-bond acceptors (Lipinski definition) is 3. The largest absolute Gasteiger partial charge is 0.336 e. The van der Waals surface area contributed by atoms with E-state index in [1.807, 2.05) is 59.0 Å². The number of piperazine rings is 1. The first kappa shape index (κ1) is 21.9. The molecule has 1 aliphatic rings. The summed E-state index contributed by atoms with van der Waals surface area (Å²) in [5, 5.41) is 5.65. The van der Waals surface area contributed by atoms with Gasteiger partial charge in [0.2, 0.25) is 0 Å². The first-order chi connectivity index (χ1) is 14.9. The minimum atomic E-state index is 0.0897. The molecule has 0 radical (unpaired) electrons. The lowest BCUT2D eigenvalue weighted by Gasteiger charge is -2.34. The number of rotatable bonds is 5. The maximum Gasteiger partial charge on any atom is 0.253 e. The Kier molecular flexibility index (Phi) is 6.65. The van der Waals surface area contributed by atoms with E-state index in [0.717, 1.165) is 47.7 Å². The van der Waals surface area contributed by atoms with Crippen LogP contribution in [0, 0.1) is 13.8 Å². The van der Waals surface area contributed by atoms with Gasteiger partial charge in [-0.2, -0.15) is 5.10 Å². The SMILES string of the molecule is Cc1cc(C)n(Cc2ccc(C(=O)N3CCN(Cc4ccc(Cl)c(Cl)c4)CC3)cc2)n1. The molecule has 0 bridgehead atoms. The third kappa shape index (κ3) is 5.29. The van der Waals surface area contributed by atoms with E-state index in [9.17, 15) is 4.79 Å². The van der Waals surface area contributed by atoms with Crippen molar-refractivity contribution >= 4 is 29.1 Å². The summed E-state index contributed by atoms with van der Waals surface area (Å²) in [6, 6.07) is 15.7. The molecule has 3 aromatic rings. The highest BCUT2D eigenvalue weighted by Crippen LogP contribution is 2.23. The molecule has 2 aromatic carbocycles. The number of carbonyl (C=O) groups excluding carboxylic acids is 1. The summed E-state index contributed by atoms with van der Waals surface area (Å²) in [6.07, 6.45) is 0. The molecule has 2 heterocycles. The maximum absolute atomic E-state index is 12.9. The van der Waals surface area contributed by atoms with Gasteiger partial charge in [0.25, 0.3) is 5.91 Å². The molecule has 31 heavy (non-hydrogen) atoms. The van der Waals surface area contributed by atoms with E-state index in [-0.39, 0.29) is 5.91 Å². The first-order valence-electron chi connectivity index (χ1n) is 10.4. The first-order valence-corrected chi connectivity index (χ1v) is 11.2.